The van der Waals surface area contributed by atoms with E-state index in [4.69, 9.17) is 9.73 Å². The molecule has 0 unspecified atom stereocenters. The Balaban J connectivity index is 1.22. The van der Waals surface area contributed by atoms with Crippen LogP contribution in [-0.4, -0.2) is 45.1 Å². The largest absolute Gasteiger partial charge is 0.465 e. The molecule has 2 aromatic heterocycles. The number of aromatic amines is 1. The number of thioether (sulfide) groups is 1. The Morgan fingerprint density at radius 3 is 2.56 bits per heavy atom. The lowest BCUT2D eigenvalue weighted by atomic mass is 10.1. The van der Waals surface area contributed by atoms with Crippen molar-refractivity contribution in [2.75, 3.05) is 13.7 Å². The van der Waals surface area contributed by atoms with Crippen molar-refractivity contribution in [3.63, 3.8) is 0 Å². The Morgan fingerprint density at radius 1 is 0.933 bits per heavy atom. The van der Waals surface area contributed by atoms with Crippen molar-refractivity contribution in [1.82, 2.24) is 14.5 Å². The van der Waals surface area contributed by atoms with Crippen molar-refractivity contribution in [3.05, 3.63) is 143 Å². The summed E-state index contributed by atoms with van der Waals surface area (Å²) < 4.78 is 7.06. The summed E-state index contributed by atoms with van der Waals surface area (Å²) in [5, 5.41) is 2.88. The molecule has 0 atom stereocenters. The zero-order valence-electron chi connectivity index (χ0n) is 24.6. The lowest BCUT2D eigenvalue weighted by molar-refractivity contribution is -0.122. The number of carbonyl (C=O) groups is 2. The summed E-state index contributed by atoms with van der Waals surface area (Å²) in [7, 11) is 1.38. The van der Waals surface area contributed by atoms with Crippen LogP contribution in [0.15, 0.2) is 125 Å². The van der Waals surface area contributed by atoms with E-state index in [2.05, 4.69) is 40.0 Å². The first-order valence-electron chi connectivity index (χ1n) is 14.7. The van der Waals surface area contributed by atoms with Crippen molar-refractivity contribution >= 4 is 62.4 Å². The van der Waals surface area contributed by atoms with Gasteiger partial charge in [0.05, 0.1) is 23.3 Å². The fraction of sp³-hybridized carbons (Fsp3) is 0.108. The summed E-state index contributed by atoms with van der Waals surface area (Å²) in [6, 6.07) is 33.6. The molecular formula is C37H30N4O3S. The standard InChI is InChI=1S/C37H30N4O3S/c1-44-36(43)26-11-9-10-25(20-26)23-40-24-28(31-15-6-8-17-33(31)40)21-34-35(42)41(37(45-34)39-29-12-3-2-4-13-29)19-18-27-22-38-32-16-7-5-14-30(27)32/h2-17,20-22,24,38H,18-19,23H2,1H3/b34-21-,39-37?. The first-order chi connectivity index (χ1) is 22.1. The Labute approximate surface area is 264 Å². The molecule has 8 heteroatoms. The zero-order valence-corrected chi connectivity index (χ0v) is 25.5. The van der Waals surface area contributed by atoms with Crippen molar-refractivity contribution in [2.45, 2.75) is 13.0 Å². The lowest BCUT2D eigenvalue weighted by Gasteiger charge is -2.15. The van der Waals surface area contributed by atoms with E-state index in [9.17, 15) is 9.59 Å². The fourth-order valence-electron chi connectivity index (χ4n) is 5.75. The van der Waals surface area contributed by atoms with Crippen molar-refractivity contribution in [1.29, 1.82) is 0 Å². The van der Waals surface area contributed by atoms with Crippen LogP contribution in [0.3, 0.4) is 0 Å². The van der Waals surface area contributed by atoms with Crippen molar-refractivity contribution in [3.8, 4) is 0 Å². The van der Waals surface area contributed by atoms with Crippen LogP contribution in [0.5, 0.6) is 0 Å². The molecule has 1 aliphatic rings. The normalized spacial score (nSPS) is 15.1. The van der Waals surface area contributed by atoms with Crippen LogP contribution >= 0.6 is 11.8 Å². The van der Waals surface area contributed by atoms with Crippen molar-refractivity contribution < 1.29 is 14.3 Å². The van der Waals surface area contributed by atoms with Gasteiger partial charge in [0.15, 0.2) is 5.17 Å². The number of nitrogens with zero attached hydrogens (tertiary/aromatic N) is 3. The lowest BCUT2D eigenvalue weighted by Crippen LogP contribution is -2.31. The predicted octanol–water partition coefficient (Wildman–Crippen LogP) is 7.80. The van der Waals surface area contributed by atoms with Crippen LogP contribution in [0.25, 0.3) is 27.9 Å². The van der Waals surface area contributed by atoms with Gasteiger partial charge in [-0.2, -0.15) is 0 Å². The predicted molar refractivity (Wildman–Crippen MR) is 182 cm³/mol. The average Bonchev–Trinajstić information content (AvgIpc) is 3.74. The van der Waals surface area contributed by atoms with Crippen LogP contribution in [0.4, 0.5) is 5.69 Å². The number of carbonyl (C=O) groups excluding carboxylic acids is 2. The number of ether oxygens (including phenoxy) is 1. The highest BCUT2D eigenvalue weighted by molar-refractivity contribution is 8.18. The fourth-order valence-corrected chi connectivity index (χ4v) is 6.76. The van der Waals surface area contributed by atoms with Gasteiger partial charge >= 0.3 is 5.97 Å². The van der Waals surface area contributed by atoms with E-state index >= 15 is 0 Å². The van der Waals surface area contributed by atoms with Crippen molar-refractivity contribution in [2.24, 2.45) is 4.99 Å². The molecule has 6 aromatic rings. The van der Waals surface area contributed by atoms with Gasteiger partial charge < -0.3 is 14.3 Å². The number of rotatable bonds is 8. The summed E-state index contributed by atoms with van der Waals surface area (Å²) >= 11 is 1.41. The minimum atomic E-state index is -0.362. The van der Waals surface area contributed by atoms with E-state index in [0.29, 0.717) is 35.1 Å². The maximum atomic E-state index is 14.0. The molecule has 3 heterocycles. The van der Waals surface area contributed by atoms with Gasteiger partial charge in [0, 0.05) is 52.9 Å². The third-order valence-electron chi connectivity index (χ3n) is 7.96. The Hall–Kier alpha value is -5.34. The number of methoxy groups -OCH3 is 1. The average molecular weight is 611 g/mol. The van der Waals surface area contributed by atoms with E-state index in [1.165, 1.54) is 29.8 Å². The summed E-state index contributed by atoms with van der Waals surface area (Å²) in [6.45, 7) is 1.07. The van der Waals surface area contributed by atoms with Gasteiger partial charge in [-0.25, -0.2) is 9.79 Å². The number of amides is 1. The van der Waals surface area contributed by atoms with E-state index in [-0.39, 0.29) is 11.9 Å². The Morgan fingerprint density at radius 2 is 1.71 bits per heavy atom. The number of hydrogen-bond acceptors (Lipinski definition) is 5. The Bertz CT molecular complexity index is 2110. The maximum absolute atomic E-state index is 14.0. The topological polar surface area (TPSA) is 79.7 Å². The second kappa shape index (κ2) is 12.3. The molecule has 1 fully saturated rings. The van der Waals surface area contributed by atoms with Gasteiger partial charge in [0.1, 0.15) is 0 Å². The highest BCUT2D eigenvalue weighted by Gasteiger charge is 2.33. The quantitative estimate of drug-likeness (QED) is 0.141. The molecular weight excluding hydrogens is 580 g/mol. The zero-order chi connectivity index (χ0) is 30.8. The molecule has 0 bridgehead atoms. The number of aliphatic imine (C=N–C) groups is 1. The number of fused-ring (bicyclic) bond motifs is 2. The number of nitrogens with one attached hydrogen (secondary N) is 1. The summed E-state index contributed by atoms with van der Waals surface area (Å²) in [4.78, 5) is 36.8. The second-order valence-electron chi connectivity index (χ2n) is 10.8. The molecule has 222 valence electrons. The first kappa shape index (κ1) is 28.4. The molecule has 0 saturated carbocycles. The molecule has 7 rings (SSSR count). The van der Waals surface area contributed by atoms with Gasteiger partial charge in [-0.15, -0.1) is 0 Å². The van der Waals surface area contributed by atoms with Crippen LogP contribution < -0.4 is 0 Å². The number of H-pyrrole nitrogens is 1. The van der Waals surface area contributed by atoms with Gasteiger partial charge in [-0.1, -0.05) is 66.7 Å². The smallest absolute Gasteiger partial charge is 0.337 e. The number of aromatic nitrogens is 2. The summed E-state index contributed by atoms with van der Waals surface area (Å²) in [6.07, 6.45) is 6.77. The number of benzene rings is 4. The monoisotopic (exact) mass is 610 g/mol. The van der Waals surface area contributed by atoms with Crippen LogP contribution in [-0.2, 0) is 22.5 Å². The molecule has 1 saturated heterocycles. The number of esters is 1. The summed E-state index contributed by atoms with van der Waals surface area (Å²) in [5.41, 5.74) is 6.53. The highest BCUT2D eigenvalue weighted by atomic mass is 32.2. The number of hydrogen-bond donors (Lipinski definition) is 1. The first-order valence-corrected chi connectivity index (χ1v) is 15.5. The van der Waals surface area contributed by atoms with Crippen LogP contribution in [0.1, 0.15) is 27.0 Å². The highest BCUT2D eigenvalue weighted by Crippen LogP contribution is 2.36. The number of para-hydroxylation sites is 3. The minimum Gasteiger partial charge on any atom is -0.465 e. The molecule has 0 radical (unpaired) electrons. The van der Waals surface area contributed by atoms with E-state index in [1.807, 2.05) is 85.1 Å². The third-order valence-corrected chi connectivity index (χ3v) is 8.96. The SMILES string of the molecule is COC(=O)c1cccc(Cn2cc(/C=C3\SC(=Nc4ccccc4)N(CCc4c[nH]c5ccccc45)C3=O)c3ccccc32)c1. The molecule has 0 aliphatic carbocycles. The minimum absolute atomic E-state index is 0.0582. The van der Waals surface area contributed by atoms with E-state index in [1.54, 1.807) is 11.0 Å². The molecule has 7 nitrogen and oxygen atoms in total. The van der Waals surface area contributed by atoms with Crippen LogP contribution in [0, 0.1) is 0 Å². The molecule has 1 amide bonds. The molecule has 4 aromatic carbocycles. The molecule has 1 N–H and O–H groups in total. The molecule has 1 aliphatic heterocycles. The molecule has 45 heavy (non-hydrogen) atoms. The van der Waals surface area contributed by atoms with Gasteiger partial charge in [0.2, 0.25) is 0 Å². The van der Waals surface area contributed by atoms with Gasteiger partial charge in [0.25, 0.3) is 5.91 Å². The summed E-state index contributed by atoms with van der Waals surface area (Å²) in [5.74, 6) is -0.421. The Kier molecular flexibility index (Phi) is 7.80. The van der Waals surface area contributed by atoms with Gasteiger partial charge in [-0.05, 0) is 71.8 Å². The number of amidine groups is 1. The van der Waals surface area contributed by atoms with E-state index in [0.717, 1.165) is 33.2 Å². The maximum Gasteiger partial charge on any atom is 0.337 e. The van der Waals surface area contributed by atoms with E-state index < -0.39 is 0 Å². The van der Waals surface area contributed by atoms with Gasteiger partial charge in [-0.3, -0.25) is 9.69 Å². The molecule has 0 spiro atoms. The second-order valence-corrected chi connectivity index (χ2v) is 11.8. The third kappa shape index (κ3) is 5.80. The van der Waals surface area contributed by atoms with Crippen LogP contribution in [0.2, 0.25) is 0 Å².